The molecule has 2 aliphatic rings. The summed E-state index contributed by atoms with van der Waals surface area (Å²) in [6.45, 7) is 4.14. The second-order valence-electron chi connectivity index (χ2n) is 6.37. The topological polar surface area (TPSA) is 93.9 Å². The van der Waals surface area contributed by atoms with Crippen molar-refractivity contribution in [2.45, 2.75) is 26.2 Å². The van der Waals surface area contributed by atoms with Gasteiger partial charge in [0.05, 0.1) is 11.4 Å². The van der Waals surface area contributed by atoms with Crippen molar-refractivity contribution < 1.29 is 4.79 Å². The van der Waals surface area contributed by atoms with E-state index >= 15 is 0 Å². The lowest BCUT2D eigenvalue weighted by Crippen LogP contribution is -2.27. The van der Waals surface area contributed by atoms with E-state index < -0.39 is 0 Å². The number of nitrogens with one attached hydrogen (secondary N) is 2. The first-order chi connectivity index (χ1) is 13.1. The number of amides is 1. The molecular weight excluding hydrogens is 408 g/mol. The molecule has 2 aliphatic heterocycles. The standard InChI is InChI=1S/C19H21BrN6O/c1-13-12-24-19(23-8-4-10-26-9-3-6-16(26)27)25-17(13)14(11-21)18-15(20)5-2-7-22-18/h2,5,7,12,22H,3-4,6,8-10H2,1H3,(H,23,24,25). The van der Waals surface area contributed by atoms with Gasteiger partial charge in [-0.3, -0.25) is 4.79 Å². The maximum Gasteiger partial charge on any atom is 0.223 e. The Morgan fingerprint density at radius 2 is 2.37 bits per heavy atom. The number of rotatable bonds is 6. The van der Waals surface area contributed by atoms with Gasteiger partial charge in [0.1, 0.15) is 11.6 Å². The summed E-state index contributed by atoms with van der Waals surface area (Å²) in [5.41, 5.74) is 2.55. The van der Waals surface area contributed by atoms with Crippen molar-refractivity contribution in [3.63, 3.8) is 0 Å². The summed E-state index contributed by atoms with van der Waals surface area (Å²) >= 11 is 3.47. The van der Waals surface area contributed by atoms with Gasteiger partial charge in [0.15, 0.2) is 0 Å². The second-order valence-corrected chi connectivity index (χ2v) is 7.22. The van der Waals surface area contributed by atoms with Crippen LogP contribution in [0.4, 0.5) is 5.95 Å². The number of allylic oxidation sites excluding steroid dienone is 4. The van der Waals surface area contributed by atoms with Crippen LogP contribution in [0, 0.1) is 18.3 Å². The summed E-state index contributed by atoms with van der Waals surface area (Å²) in [7, 11) is 0. The van der Waals surface area contributed by atoms with E-state index in [0.717, 1.165) is 36.0 Å². The minimum atomic E-state index is 0.238. The van der Waals surface area contributed by atoms with Crippen molar-refractivity contribution in [1.82, 2.24) is 20.2 Å². The Hall–Kier alpha value is -2.66. The lowest BCUT2D eigenvalue weighted by Gasteiger charge is -2.16. The van der Waals surface area contributed by atoms with Crippen molar-refractivity contribution in [2.75, 3.05) is 25.0 Å². The molecule has 1 fully saturated rings. The molecule has 140 valence electrons. The normalized spacial score (nSPS) is 18.0. The number of hydrogen-bond donors (Lipinski definition) is 2. The highest BCUT2D eigenvalue weighted by Crippen LogP contribution is 2.27. The zero-order valence-corrected chi connectivity index (χ0v) is 16.7. The van der Waals surface area contributed by atoms with Crippen LogP contribution in [0.15, 0.2) is 34.7 Å². The van der Waals surface area contributed by atoms with Crippen molar-refractivity contribution in [3.05, 3.63) is 46.0 Å². The highest BCUT2D eigenvalue weighted by atomic mass is 79.9. The third-order valence-corrected chi connectivity index (χ3v) is 5.10. The minimum Gasteiger partial charge on any atom is -0.360 e. The van der Waals surface area contributed by atoms with E-state index in [1.807, 2.05) is 24.0 Å². The average molecular weight is 429 g/mol. The van der Waals surface area contributed by atoms with Crippen LogP contribution in [-0.2, 0) is 4.79 Å². The van der Waals surface area contributed by atoms with Crippen LogP contribution in [0.3, 0.4) is 0 Å². The molecule has 0 bridgehead atoms. The molecule has 1 aromatic heterocycles. The van der Waals surface area contributed by atoms with Gasteiger partial charge in [-0.15, -0.1) is 0 Å². The van der Waals surface area contributed by atoms with Crippen LogP contribution >= 0.6 is 15.9 Å². The zero-order chi connectivity index (χ0) is 19.2. The summed E-state index contributed by atoms with van der Waals surface area (Å²) in [5.74, 6) is 0.713. The smallest absolute Gasteiger partial charge is 0.223 e. The van der Waals surface area contributed by atoms with E-state index in [2.05, 4.69) is 42.6 Å². The van der Waals surface area contributed by atoms with Crippen LogP contribution in [0.25, 0.3) is 5.57 Å². The van der Waals surface area contributed by atoms with Gasteiger partial charge in [0.25, 0.3) is 0 Å². The molecular formula is C19H21BrN6O. The second kappa shape index (κ2) is 8.82. The SMILES string of the molecule is Cc1cnc(NCCCN2CCCC2=O)nc1C(C#N)=C1NC=CC=C1Br. The van der Waals surface area contributed by atoms with E-state index in [1.165, 1.54) is 0 Å². The van der Waals surface area contributed by atoms with E-state index in [-0.39, 0.29) is 5.91 Å². The van der Waals surface area contributed by atoms with Crippen LogP contribution < -0.4 is 10.6 Å². The molecule has 1 amide bonds. The van der Waals surface area contributed by atoms with Gasteiger partial charge < -0.3 is 15.5 Å². The van der Waals surface area contributed by atoms with Crippen LogP contribution in [0.1, 0.15) is 30.5 Å². The Balaban J connectivity index is 1.70. The van der Waals surface area contributed by atoms with Crippen molar-refractivity contribution >= 4 is 33.4 Å². The predicted molar refractivity (Wildman–Crippen MR) is 108 cm³/mol. The first-order valence-corrected chi connectivity index (χ1v) is 9.68. The molecule has 0 atom stereocenters. The van der Waals surface area contributed by atoms with Crippen LogP contribution in [0.2, 0.25) is 0 Å². The third-order valence-electron chi connectivity index (χ3n) is 4.43. The molecule has 0 saturated carbocycles. The number of carbonyl (C=O) groups excluding carboxylic acids is 1. The molecule has 3 rings (SSSR count). The highest BCUT2D eigenvalue weighted by molar-refractivity contribution is 9.12. The number of dihydropyridines is 1. The van der Waals surface area contributed by atoms with E-state index in [4.69, 9.17) is 0 Å². The van der Waals surface area contributed by atoms with Crippen molar-refractivity contribution in [1.29, 1.82) is 5.26 Å². The molecule has 27 heavy (non-hydrogen) atoms. The monoisotopic (exact) mass is 428 g/mol. The largest absolute Gasteiger partial charge is 0.360 e. The molecule has 1 saturated heterocycles. The van der Waals surface area contributed by atoms with Gasteiger partial charge in [-0.05, 0) is 53.4 Å². The first kappa shape index (κ1) is 19.1. The molecule has 0 spiro atoms. The maximum atomic E-state index is 11.6. The number of nitriles is 1. The Morgan fingerprint density at radius 3 is 3.07 bits per heavy atom. The van der Waals surface area contributed by atoms with E-state index in [0.29, 0.717) is 35.9 Å². The van der Waals surface area contributed by atoms with Gasteiger partial charge >= 0.3 is 0 Å². The predicted octanol–water partition coefficient (Wildman–Crippen LogP) is 2.84. The molecule has 0 aromatic carbocycles. The average Bonchev–Trinajstić information content (AvgIpc) is 3.08. The number of carbonyl (C=O) groups is 1. The molecule has 0 unspecified atom stereocenters. The van der Waals surface area contributed by atoms with Crippen LogP contribution in [0.5, 0.6) is 0 Å². The summed E-state index contributed by atoms with van der Waals surface area (Å²) in [6.07, 6.45) is 9.65. The first-order valence-electron chi connectivity index (χ1n) is 8.89. The summed E-state index contributed by atoms with van der Waals surface area (Å²) in [6, 6.07) is 2.25. The van der Waals surface area contributed by atoms with Gasteiger partial charge in [-0.25, -0.2) is 9.97 Å². The van der Waals surface area contributed by atoms with E-state index in [9.17, 15) is 10.1 Å². The van der Waals surface area contributed by atoms with E-state index in [1.54, 1.807) is 12.4 Å². The van der Waals surface area contributed by atoms with Crippen LogP contribution in [-0.4, -0.2) is 40.4 Å². The fourth-order valence-electron chi connectivity index (χ4n) is 3.03. The Labute approximate surface area is 167 Å². The molecule has 7 nitrogen and oxygen atoms in total. The minimum absolute atomic E-state index is 0.238. The lowest BCUT2D eigenvalue weighted by molar-refractivity contribution is -0.127. The molecule has 8 heteroatoms. The number of aromatic nitrogens is 2. The van der Waals surface area contributed by atoms with Gasteiger partial charge in [0, 0.05) is 42.9 Å². The lowest BCUT2D eigenvalue weighted by atomic mass is 10.1. The Kier molecular flexibility index (Phi) is 6.24. The quantitative estimate of drug-likeness (QED) is 0.534. The van der Waals surface area contributed by atoms with Crippen molar-refractivity contribution in [2.24, 2.45) is 0 Å². The third kappa shape index (κ3) is 4.55. The molecule has 0 aliphatic carbocycles. The molecule has 2 N–H and O–H groups in total. The maximum absolute atomic E-state index is 11.6. The fraction of sp³-hybridized carbons (Fsp3) is 0.368. The molecule has 0 radical (unpaired) electrons. The number of likely N-dealkylation sites (tertiary alicyclic amines) is 1. The van der Waals surface area contributed by atoms with Gasteiger partial charge in [-0.2, -0.15) is 5.26 Å². The fourth-order valence-corrected chi connectivity index (χ4v) is 3.49. The zero-order valence-electron chi connectivity index (χ0n) is 15.1. The van der Waals surface area contributed by atoms with Crippen molar-refractivity contribution in [3.8, 4) is 6.07 Å². The Morgan fingerprint density at radius 1 is 1.52 bits per heavy atom. The molecule has 3 heterocycles. The summed E-state index contributed by atoms with van der Waals surface area (Å²) in [4.78, 5) is 22.4. The van der Waals surface area contributed by atoms with Gasteiger partial charge in [-0.1, -0.05) is 0 Å². The molecule has 1 aromatic rings. The summed E-state index contributed by atoms with van der Waals surface area (Å²) < 4.78 is 0.796. The number of hydrogen-bond acceptors (Lipinski definition) is 6. The number of aryl methyl sites for hydroxylation is 1. The Bertz CT molecular complexity index is 867. The number of nitrogens with zero attached hydrogens (tertiary/aromatic N) is 4. The number of halogens is 1. The van der Waals surface area contributed by atoms with Gasteiger partial charge in [0.2, 0.25) is 11.9 Å². The highest BCUT2D eigenvalue weighted by Gasteiger charge is 2.19. The number of anilines is 1. The summed E-state index contributed by atoms with van der Waals surface area (Å²) in [5, 5.41) is 16.0.